The molecule has 0 saturated carbocycles. The average Bonchev–Trinajstić information content (AvgIpc) is 2.01. The van der Waals surface area contributed by atoms with Crippen LogP contribution in [0.2, 0.25) is 0 Å². The molecular formula is C12H24N2+2. The SMILES string of the molecule is CC(C)=[N+]1CCC[N+](=C(C)C)C1(C)C. The van der Waals surface area contributed by atoms with Crippen molar-refractivity contribution in [3.63, 3.8) is 0 Å². The molecule has 0 aromatic carbocycles. The molecule has 2 heteroatoms. The molecule has 14 heavy (non-hydrogen) atoms. The Kier molecular flexibility index (Phi) is 3.13. The fourth-order valence-electron chi connectivity index (χ4n) is 2.62. The van der Waals surface area contributed by atoms with Crippen LogP contribution in [0.3, 0.4) is 0 Å². The Labute approximate surface area is 88.0 Å². The van der Waals surface area contributed by atoms with Crippen LogP contribution in [0.5, 0.6) is 0 Å². The minimum atomic E-state index is 0.149. The van der Waals surface area contributed by atoms with Crippen LogP contribution < -0.4 is 0 Å². The second-order valence-corrected chi connectivity index (χ2v) is 5.05. The fourth-order valence-corrected chi connectivity index (χ4v) is 2.62. The molecule has 1 aliphatic heterocycles. The van der Waals surface area contributed by atoms with Crippen molar-refractivity contribution in [1.82, 2.24) is 0 Å². The van der Waals surface area contributed by atoms with Crippen molar-refractivity contribution in [3.8, 4) is 0 Å². The van der Waals surface area contributed by atoms with Gasteiger partial charge in [-0.05, 0) is 0 Å². The van der Waals surface area contributed by atoms with Gasteiger partial charge in [0.05, 0.1) is 20.3 Å². The van der Waals surface area contributed by atoms with Gasteiger partial charge in [0.25, 0.3) is 0 Å². The Balaban J connectivity index is 3.20. The third-order valence-corrected chi connectivity index (χ3v) is 3.16. The lowest BCUT2D eigenvalue weighted by Crippen LogP contribution is -2.54. The summed E-state index contributed by atoms with van der Waals surface area (Å²) in [6.07, 6.45) is 1.26. The van der Waals surface area contributed by atoms with Crippen LogP contribution in [0.25, 0.3) is 0 Å². The van der Waals surface area contributed by atoms with Gasteiger partial charge in [0.2, 0.25) is 0 Å². The predicted octanol–water partition coefficient (Wildman–Crippen LogP) is 2.11. The van der Waals surface area contributed by atoms with Crippen LogP contribution in [0.15, 0.2) is 0 Å². The van der Waals surface area contributed by atoms with Gasteiger partial charge in [0.1, 0.15) is 0 Å². The fraction of sp³-hybridized carbons (Fsp3) is 0.833. The van der Waals surface area contributed by atoms with Crippen LogP contribution in [-0.2, 0) is 0 Å². The van der Waals surface area contributed by atoms with Crippen molar-refractivity contribution >= 4 is 11.4 Å². The van der Waals surface area contributed by atoms with E-state index in [4.69, 9.17) is 0 Å². The van der Waals surface area contributed by atoms with Crippen LogP contribution >= 0.6 is 0 Å². The van der Waals surface area contributed by atoms with E-state index >= 15 is 0 Å². The summed E-state index contributed by atoms with van der Waals surface area (Å²) in [6, 6.07) is 0. The van der Waals surface area contributed by atoms with Gasteiger partial charge >= 0.3 is 5.66 Å². The zero-order valence-electron chi connectivity index (χ0n) is 10.5. The lowest BCUT2D eigenvalue weighted by Gasteiger charge is -2.27. The molecule has 1 saturated heterocycles. The summed E-state index contributed by atoms with van der Waals surface area (Å²) in [6.45, 7) is 15.8. The number of hydrogen-bond acceptors (Lipinski definition) is 0. The Morgan fingerprint density at radius 1 is 0.857 bits per heavy atom. The van der Waals surface area contributed by atoms with Crippen molar-refractivity contribution in [2.24, 2.45) is 0 Å². The molecule has 2 nitrogen and oxygen atoms in total. The van der Waals surface area contributed by atoms with E-state index in [0.29, 0.717) is 0 Å². The van der Waals surface area contributed by atoms with E-state index in [1.54, 1.807) is 0 Å². The van der Waals surface area contributed by atoms with Crippen LogP contribution in [-0.4, -0.2) is 39.3 Å². The first kappa shape index (κ1) is 11.4. The number of rotatable bonds is 0. The van der Waals surface area contributed by atoms with Crippen molar-refractivity contribution in [2.45, 2.75) is 53.6 Å². The molecule has 0 aliphatic carbocycles. The molecule has 0 amide bonds. The molecule has 0 radical (unpaired) electrons. The van der Waals surface area contributed by atoms with Crippen molar-refractivity contribution in [1.29, 1.82) is 0 Å². The smallest absolute Gasteiger partial charge is 0.176 e. The minimum absolute atomic E-state index is 0.149. The first-order chi connectivity index (χ1) is 6.37. The van der Waals surface area contributed by atoms with E-state index in [1.165, 1.54) is 30.9 Å². The molecule has 0 atom stereocenters. The van der Waals surface area contributed by atoms with Gasteiger partial charge < -0.3 is 0 Å². The highest BCUT2D eigenvalue weighted by Crippen LogP contribution is 2.18. The highest BCUT2D eigenvalue weighted by atomic mass is 15.3. The Morgan fingerprint density at radius 3 is 1.50 bits per heavy atom. The summed E-state index contributed by atoms with van der Waals surface area (Å²) in [7, 11) is 0. The van der Waals surface area contributed by atoms with Gasteiger partial charge in [-0.3, -0.25) is 0 Å². The number of nitrogens with zero attached hydrogens (tertiary/aromatic N) is 2. The lowest BCUT2D eigenvalue weighted by atomic mass is 10.1. The number of hydrogen-bond donors (Lipinski definition) is 0. The van der Waals surface area contributed by atoms with Crippen molar-refractivity contribution in [2.75, 3.05) is 13.1 Å². The van der Waals surface area contributed by atoms with Gasteiger partial charge in [-0.2, -0.15) is 9.15 Å². The van der Waals surface area contributed by atoms with Crippen LogP contribution in [0, 0.1) is 0 Å². The van der Waals surface area contributed by atoms with E-state index in [2.05, 4.69) is 50.7 Å². The average molecular weight is 196 g/mol. The molecule has 0 unspecified atom stereocenters. The molecular weight excluding hydrogens is 172 g/mol. The zero-order chi connectivity index (χ0) is 10.9. The normalized spacial score (nSPS) is 21.0. The van der Waals surface area contributed by atoms with E-state index < -0.39 is 0 Å². The van der Waals surface area contributed by atoms with E-state index in [9.17, 15) is 0 Å². The molecule has 0 aromatic heterocycles. The molecule has 0 N–H and O–H groups in total. The highest BCUT2D eigenvalue weighted by Gasteiger charge is 2.45. The molecule has 0 spiro atoms. The molecule has 0 aromatic rings. The second-order valence-electron chi connectivity index (χ2n) is 5.05. The Hall–Kier alpha value is -0.660. The predicted molar refractivity (Wildman–Crippen MR) is 61.7 cm³/mol. The van der Waals surface area contributed by atoms with E-state index in [-0.39, 0.29) is 5.66 Å². The van der Waals surface area contributed by atoms with Crippen LogP contribution in [0.1, 0.15) is 48.0 Å². The summed E-state index contributed by atoms with van der Waals surface area (Å²) in [5, 5.41) is 0. The summed E-state index contributed by atoms with van der Waals surface area (Å²) < 4.78 is 5.01. The Bertz CT molecular complexity index is 259. The highest BCUT2D eigenvalue weighted by molar-refractivity contribution is 5.75. The van der Waals surface area contributed by atoms with E-state index in [0.717, 1.165) is 0 Å². The lowest BCUT2D eigenvalue weighted by molar-refractivity contribution is -0.840. The monoisotopic (exact) mass is 196 g/mol. The molecule has 0 bridgehead atoms. The largest absolute Gasteiger partial charge is 0.345 e. The first-order valence-corrected chi connectivity index (χ1v) is 5.53. The first-order valence-electron chi connectivity index (χ1n) is 5.53. The molecule has 1 fully saturated rings. The molecule has 1 aliphatic rings. The van der Waals surface area contributed by atoms with E-state index in [1.807, 2.05) is 0 Å². The summed E-state index contributed by atoms with van der Waals surface area (Å²) in [4.78, 5) is 0. The van der Waals surface area contributed by atoms with Gasteiger partial charge in [0.15, 0.2) is 24.5 Å². The summed E-state index contributed by atoms with van der Waals surface area (Å²) >= 11 is 0. The summed E-state index contributed by atoms with van der Waals surface area (Å²) in [5.74, 6) is 0. The maximum atomic E-state index is 2.50. The van der Waals surface area contributed by atoms with Crippen LogP contribution in [0.4, 0.5) is 0 Å². The zero-order valence-corrected chi connectivity index (χ0v) is 10.5. The van der Waals surface area contributed by atoms with Gasteiger partial charge in [-0.15, -0.1) is 0 Å². The maximum absolute atomic E-state index is 2.50. The quantitative estimate of drug-likeness (QED) is 0.523. The molecule has 1 rings (SSSR count). The van der Waals surface area contributed by atoms with Gasteiger partial charge in [-0.25, -0.2) is 0 Å². The van der Waals surface area contributed by atoms with Crippen molar-refractivity contribution in [3.05, 3.63) is 0 Å². The molecule has 80 valence electrons. The summed E-state index contributed by atoms with van der Waals surface area (Å²) in [5.41, 5.74) is 2.98. The minimum Gasteiger partial charge on any atom is -0.176 e. The third kappa shape index (κ3) is 1.89. The Morgan fingerprint density at radius 2 is 1.21 bits per heavy atom. The topological polar surface area (TPSA) is 6.02 Å². The molecule has 1 heterocycles. The van der Waals surface area contributed by atoms with Gasteiger partial charge in [0, 0.05) is 27.7 Å². The third-order valence-electron chi connectivity index (χ3n) is 3.16. The van der Waals surface area contributed by atoms with Crippen molar-refractivity contribution < 1.29 is 9.15 Å². The second kappa shape index (κ2) is 3.84. The maximum Gasteiger partial charge on any atom is 0.345 e. The van der Waals surface area contributed by atoms with Gasteiger partial charge in [-0.1, -0.05) is 0 Å². The standard InChI is InChI=1S/C12H24N2/c1-10(2)13-8-7-9-14(11(3)4)12(13,5)6/h7-9H2,1-6H3/q+2.